The maximum atomic E-state index is 11.7. The van der Waals surface area contributed by atoms with Gasteiger partial charge in [0.2, 0.25) is 0 Å². The summed E-state index contributed by atoms with van der Waals surface area (Å²) < 4.78 is 23.8. The van der Waals surface area contributed by atoms with Crippen molar-refractivity contribution in [2.45, 2.75) is 105 Å². The van der Waals surface area contributed by atoms with Gasteiger partial charge in [0, 0.05) is 23.0 Å². The first-order valence-corrected chi connectivity index (χ1v) is 13.4. The highest BCUT2D eigenvalue weighted by atomic mass is 31.2. The van der Waals surface area contributed by atoms with Crippen molar-refractivity contribution in [3.63, 3.8) is 0 Å². The molecule has 0 bridgehead atoms. The first-order chi connectivity index (χ1) is 15.3. The van der Waals surface area contributed by atoms with Gasteiger partial charge in [0.05, 0.1) is 20.3 Å². The van der Waals surface area contributed by atoms with E-state index in [1.54, 1.807) is 0 Å². The van der Waals surface area contributed by atoms with Gasteiger partial charge in [-0.2, -0.15) is 0 Å². The summed E-state index contributed by atoms with van der Waals surface area (Å²) in [5.74, 6) is 0.667. The van der Waals surface area contributed by atoms with E-state index in [1.807, 2.05) is 0 Å². The molecule has 0 saturated carbocycles. The molecule has 0 aromatic heterocycles. The Labute approximate surface area is 202 Å². The Morgan fingerprint density at radius 1 is 1.03 bits per heavy atom. The van der Waals surface area contributed by atoms with Crippen LogP contribution in [0.3, 0.4) is 0 Å². The van der Waals surface area contributed by atoms with Crippen LogP contribution in [0.15, 0.2) is 12.1 Å². The molecule has 1 aromatic carbocycles. The van der Waals surface area contributed by atoms with Crippen LogP contribution in [0, 0.1) is 5.41 Å². The van der Waals surface area contributed by atoms with Crippen molar-refractivity contribution in [1.29, 1.82) is 0 Å². The van der Waals surface area contributed by atoms with Crippen LogP contribution in [0.25, 0.3) is 0 Å². The molecule has 0 aliphatic carbocycles. The van der Waals surface area contributed by atoms with Crippen molar-refractivity contribution in [2.75, 3.05) is 20.3 Å². The molecule has 188 valence electrons. The average molecular weight is 481 g/mol. The second-order valence-corrected chi connectivity index (χ2v) is 12.6. The molecule has 33 heavy (non-hydrogen) atoms. The lowest BCUT2D eigenvalue weighted by Crippen LogP contribution is -2.35. The second kappa shape index (κ2) is 11.5. The van der Waals surface area contributed by atoms with Crippen molar-refractivity contribution in [1.82, 2.24) is 0 Å². The molecule has 1 fully saturated rings. The summed E-state index contributed by atoms with van der Waals surface area (Å²) in [6.07, 6.45) is 5.54. The van der Waals surface area contributed by atoms with Gasteiger partial charge in [0.25, 0.3) is 0 Å². The van der Waals surface area contributed by atoms with Crippen LogP contribution < -0.4 is 4.52 Å². The third-order valence-electron chi connectivity index (χ3n) is 6.54. The minimum Gasteiger partial charge on any atom is -0.469 e. The van der Waals surface area contributed by atoms with Crippen molar-refractivity contribution in [3.8, 4) is 5.75 Å². The van der Waals surface area contributed by atoms with Gasteiger partial charge >= 0.3 is 14.6 Å². The Balaban J connectivity index is 2.36. The van der Waals surface area contributed by atoms with Crippen LogP contribution in [0.2, 0.25) is 0 Å². The lowest BCUT2D eigenvalue weighted by Gasteiger charge is -2.39. The SMILES string of the molecule is CCCCC1(CC)COP(Oc2c(C(C)(C)C)cc(CCC(=O)OC)cc2C(C)(C)C)OC1. The molecule has 6 heteroatoms. The molecule has 1 saturated heterocycles. The monoisotopic (exact) mass is 480 g/mol. The van der Waals surface area contributed by atoms with Crippen LogP contribution in [0.1, 0.15) is 104 Å². The zero-order valence-corrected chi connectivity index (χ0v) is 23.2. The maximum Gasteiger partial charge on any atom is 0.397 e. The van der Waals surface area contributed by atoms with Crippen molar-refractivity contribution in [2.24, 2.45) is 5.41 Å². The number of rotatable bonds is 9. The molecule has 0 amide bonds. The molecular formula is C27H45O5P. The summed E-state index contributed by atoms with van der Waals surface area (Å²) in [6.45, 7) is 18.9. The third-order valence-corrected chi connectivity index (χ3v) is 7.55. The Morgan fingerprint density at radius 3 is 2.00 bits per heavy atom. The van der Waals surface area contributed by atoms with Crippen molar-refractivity contribution >= 4 is 14.6 Å². The average Bonchev–Trinajstić information content (AvgIpc) is 2.76. The van der Waals surface area contributed by atoms with Gasteiger partial charge in [0.15, 0.2) is 0 Å². The highest BCUT2D eigenvalue weighted by Gasteiger charge is 2.38. The van der Waals surface area contributed by atoms with Gasteiger partial charge in [-0.1, -0.05) is 80.4 Å². The van der Waals surface area contributed by atoms with E-state index >= 15 is 0 Å². The smallest absolute Gasteiger partial charge is 0.397 e. The fraction of sp³-hybridized carbons (Fsp3) is 0.741. The molecule has 0 N–H and O–H groups in total. The quantitative estimate of drug-likeness (QED) is 0.269. The standard InChI is InChI=1S/C27H45O5P/c1-10-12-15-27(11-2)18-30-33(31-19-27)32-24-21(25(3,4)5)16-20(13-14-23(28)29-9)17-22(24)26(6,7)8/h16-17H,10-15,18-19H2,1-9H3. The van der Waals surface area contributed by atoms with E-state index in [2.05, 4.69) is 67.5 Å². The van der Waals surface area contributed by atoms with Crippen LogP contribution in [0.4, 0.5) is 0 Å². The van der Waals surface area contributed by atoms with E-state index in [4.69, 9.17) is 18.3 Å². The molecule has 0 spiro atoms. The molecule has 5 nitrogen and oxygen atoms in total. The molecule has 0 radical (unpaired) electrons. The number of benzene rings is 1. The molecule has 1 aliphatic rings. The molecule has 1 aliphatic heterocycles. The third kappa shape index (κ3) is 7.67. The second-order valence-electron chi connectivity index (χ2n) is 11.4. The topological polar surface area (TPSA) is 54.0 Å². The number of carbonyl (C=O) groups excluding carboxylic acids is 1. The van der Waals surface area contributed by atoms with E-state index in [9.17, 15) is 4.79 Å². The number of methoxy groups -OCH3 is 1. The minimum atomic E-state index is -1.46. The summed E-state index contributed by atoms with van der Waals surface area (Å²) in [5, 5.41) is 0. The normalized spacial score (nSPS) is 21.7. The Hall–Kier alpha value is -1.16. The maximum absolute atomic E-state index is 11.7. The number of ether oxygens (including phenoxy) is 1. The highest BCUT2D eigenvalue weighted by molar-refractivity contribution is 7.42. The largest absolute Gasteiger partial charge is 0.469 e. The molecule has 2 rings (SSSR count). The molecule has 1 aromatic rings. The fourth-order valence-corrected chi connectivity index (χ4v) is 5.34. The predicted octanol–water partition coefficient (Wildman–Crippen LogP) is 7.63. The van der Waals surface area contributed by atoms with E-state index < -0.39 is 8.60 Å². The summed E-state index contributed by atoms with van der Waals surface area (Å²) in [5.41, 5.74) is 3.15. The van der Waals surface area contributed by atoms with E-state index in [0.29, 0.717) is 26.1 Å². The number of hydrogen-bond donors (Lipinski definition) is 0. The van der Waals surface area contributed by atoms with E-state index in [0.717, 1.165) is 35.3 Å². The Kier molecular flexibility index (Phi) is 9.80. The first-order valence-electron chi connectivity index (χ1n) is 12.3. The molecular weight excluding hydrogens is 435 g/mol. The highest BCUT2D eigenvalue weighted by Crippen LogP contribution is 2.53. The zero-order valence-electron chi connectivity index (χ0n) is 22.3. The molecule has 1 heterocycles. The summed E-state index contributed by atoms with van der Waals surface area (Å²) in [6, 6.07) is 4.34. The minimum absolute atomic E-state index is 0.0929. The summed E-state index contributed by atoms with van der Waals surface area (Å²) >= 11 is 0. The number of esters is 1. The van der Waals surface area contributed by atoms with Crippen molar-refractivity contribution in [3.05, 3.63) is 28.8 Å². The number of hydrogen-bond acceptors (Lipinski definition) is 5. The Bertz CT molecular complexity index is 748. The van der Waals surface area contributed by atoms with Crippen LogP contribution in [-0.2, 0) is 35.8 Å². The van der Waals surface area contributed by atoms with Gasteiger partial charge in [0.1, 0.15) is 5.75 Å². The lowest BCUT2D eigenvalue weighted by molar-refractivity contribution is -0.140. The number of unbranched alkanes of at least 4 members (excludes halogenated alkanes) is 1. The van der Waals surface area contributed by atoms with Gasteiger partial charge in [-0.05, 0) is 35.7 Å². The van der Waals surface area contributed by atoms with Gasteiger partial charge < -0.3 is 18.3 Å². The predicted molar refractivity (Wildman–Crippen MR) is 136 cm³/mol. The van der Waals surface area contributed by atoms with Crippen molar-refractivity contribution < 1.29 is 23.1 Å². The van der Waals surface area contributed by atoms with E-state index in [-0.39, 0.29) is 22.2 Å². The lowest BCUT2D eigenvalue weighted by atomic mass is 9.78. The Morgan fingerprint density at radius 2 is 1.58 bits per heavy atom. The van der Waals surface area contributed by atoms with E-state index in [1.165, 1.54) is 20.0 Å². The summed E-state index contributed by atoms with van der Waals surface area (Å²) in [4.78, 5) is 11.7. The summed E-state index contributed by atoms with van der Waals surface area (Å²) in [7, 11) is -0.0257. The van der Waals surface area contributed by atoms with Crippen LogP contribution in [0.5, 0.6) is 5.75 Å². The number of aryl methyl sites for hydroxylation is 1. The first kappa shape index (κ1) is 28.1. The van der Waals surface area contributed by atoms with Gasteiger partial charge in [-0.15, -0.1) is 0 Å². The van der Waals surface area contributed by atoms with Gasteiger partial charge in [-0.3, -0.25) is 4.79 Å². The zero-order chi connectivity index (χ0) is 24.9. The fourth-order valence-electron chi connectivity index (χ4n) is 4.06. The molecule has 0 atom stereocenters. The van der Waals surface area contributed by atoms with Crippen LogP contribution >= 0.6 is 8.60 Å². The van der Waals surface area contributed by atoms with Gasteiger partial charge in [-0.25, -0.2) is 0 Å². The van der Waals surface area contributed by atoms with Crippen LogP contribution in [-0.4, -0.2) is 26.3 Å². The number of carbonyl (C=O) groups is 1. The molecule has 0 unspecified atom stereocenters.